The second kappa shape index (κ2) is 7.39. The topological polar surface area (TPSA) is 60.2 Å². The van der Waals surface area contributed by atoms with Crippen LogP contribution in [0, 0.1) is 18.6 Å². The minimum Gasteiger partial charge on any atom is -0.444 e. The molecule has 2 aromatic rings. The van der Waals surface area contributed by atoms with Crippen molar-refractivity contribution in [2.24, 2.45) is 0 Å². The molecule has 0 bridgehead atoms. The Bertz CT molecular complexity index is 918. The van der Waals surface area contributed by atoms with Crippen LogP contribution in [0.3, 0.4) is 0 Å². The smallest absolute Gasteiger partial charge is 0.410 e. The third kappa shape index (κ3) is 4.57. The zero-order valence-electron chi connectivity index (χ0n) is 17.8. The van der Waals surface area contributed by atoms with Gasteiger partial charge in [0, 0.05) is 23.8 Å². The number of halogens is 2. The summed E-state index contributed by atoms with van der Waals surface area (Å²) in [5.41, 5.74) is 0.274. The highest BCUT2D eigenvalue weighted by molar-refractivity contribution is 5.69. The van der Waals surface area contributed by atoms with Gasteiger partial charge in [-0.05, 0) is 60.5 Å². The number of aromatic nitrogens is 3. The lowest BCUT2D eigenvalue weighted by atomic mass is 9.87. The lowest BCUT2D eigenvalue weighted by Gasteiger charge is -2.45. The Morgan fingerprint density at radius 3 is 2.55 bits per heavy atom. The zero-order valence-corrected chi connectivity index (χ0v) is 17.8. The Morgan fingerprint density at radius 2 is 1.97 bits per heavy atom. The van der Waals surface area contributed by atoms with Crippen molar-refractivity contribution in [1.82, 2.24) is 19.7 Å². The van der Waals surface area contributed by atoms with Gasteiger partial charge in [-0.15, -0.1) is 0 Å². The molecule has 1 aliphatic heterocycles. The van der Waals surface area contributed by atoms with E-state index in [-0.39, 0.29) is 17.8 Å². The molecule has 1 fully saturated rings. The molecule has 158 valence electrons. The first-order chi connectivity index (χ1) is 13.4. The summed E-state index contributed by atoms with van der Waals surface area (Å²) in [5.74, 6) is -1.46. The van der Waals surface area contributed by atoms with Crippen LogP contribution in [0.5, 0.6) is 0 Å². The summed E-state index contributed by atoms with van der Waals surface area (Å²) in [6.07, 6.45) is 2.03. The van der Waals surface area contributed by atoms with Crippen LogP contribution in [0.2, 0.25) is 0 Å². The van der Waals surface area contributed by atoms with E-state index in [9.17, 15) is 13.6 Å². The van der Waals surface area contributed by atoms with Crippen molar-refractivity contribution < 1.29 is 18.3 Å². The highest BCUT2D eigenvalue weighted by Gasteiger charge is 2.40. The molecule has 29 heavy (non-hydrogen) atoms. The first-order valence-electron chi connectivity index (χ1n) is 9.75. The average molecular weight is 406 g/mol. The molecular weight excluding hydrogens is 378 g/mol. The summed E-state index contributed by atoms with van der Waals surface area (Å²) < 4.78 is 34.7. The molecule has 1 saturated heterocycles. The number of likely N-dealkylation sites (tertiary alicyclic amines) is 1. The number of ether oxygens (including phenoxy) is 1. The quantitative estimate of drug-likeness (QED) is 0.713. The summed E-state index contributed by atoms with van der Waals surface area (Å²) in [6.45, 7) is 12.0. The number of carbonyl (C=O) groups excluding carboxylic acids is 1. The van der Waals surface area contributed by atoms with E-state index in [1.54, 1.807) is 11.0 Å². The molecule has 3 heterocycles. The maximum absolute atomic E-state index is 14.1. The fraction of sp³-hybridized carbons (Fsp3) is 0.571. The maximum Gasteiger partial charge on any atom is 0.410 e. The van der Waals surface area contributed by atoms with E-state index in [0.29, 0.717) is 25.1 Å². The summed E-state index contributed by atoms with van der Waals surface area (Å²) >= 11 is 0. The van der Waals surface area contributed by atoms with E-state index in [0.717, 1.165) is 18.0 Å². The first-order valence-corrected chi connectivity index (χ1v) is 9.75. The Hall–Kier alpha value is -2.51. The number of amides is 1. The molecule has 0 saturated carbocycles. The number of aryl methyl sites for hydroxylation is 1. The second-order valence-electron chi connectivity index (χ2n) is 9.19. The molecule has 1 aliphatic rings. The molecule has 1 unspecified atom stereocenters. The predicted octanol–water partition coefficient (Wildman–Crippen LogP) is 4.88. The molecule has 0 radical (unpaired) electrons. The van der Waals surface area contributed by atoms with Crippen LogP contribution in [0.4, 0.5) is 13.6 Å². The molecule has 6 nitrogen and oxygen atoms in total. The van der Waals surface area contributed by atoms with Gasteiger partial charge in [-0.2, -0.15) is 5.10 Å². The lowest BCUT2D eigenvalue weighted by Crippen LogP contribution is -2.54. The SMILES string of the molecule is Cc1cc(-c2ncc(F)cc2F)nn1C1CCN(C(=O)OC(C)(C)C)C(C)(C)C1. The van der Waals surface area contributed by atoms with E-state index in [1.165, 1.54) is 0 Å². The Kier molecular flexibility index (Phi) is 5.40. The van der Waals surface area contributed by atoms with Gasteiger partial charge in [0.1, 0.15) is 22.8 Å². The van der Waals surface area contributed by atoms with Crippen LogP contribution in [0.15, 0.2) is 18.3 Å². The van der Waals surface area contributed by atoms with Gasteiger partial charge < -0.3 is 9.64 Å². The van der Waals surface area contributed by atoms with E-state index in [2.05, 4.69) is 10.1 Å². The van der Waals surface area contributed by atoms with Crippen molar-refractivity contribution in [3.8, 4) is 11.4 Å². The van der Waals surface area contributed by atoms with Crippen LogP contribution in [-0.4, -0.2) is 43.4 Å². The summed E-state index contributed by atoms with van der Waals surface area (Å²) in [6, 6.07) is 2.59. The maximum atomic E-state index is 14.1. The van der Waals surface area contributed by atoms with Gasteiger partial charge in [0.05, 0.1) is 12.2 Å². The van der Waals surface area contributed by atoms with Gasteiger partial charge >= 0.3 is 6.09 Å². The largest absolute Gasteiger partial charge is 0.444 e. The van der Waals surface area contributed by atoms with Gasteiger partial charge in [0.2, 0.25) is 0 Å². The Morgan fingerprint density at radius 1 is 1.28 bits per heavy atom. The molecule has 2 aromatic heterocycles. The van der Waals surface area contributed by atoms with Gasteiger partial charge in [0.15, 0.2) is 5.82 Å². The van der Waals surface area contributed by atoms with Crippen LogP contribution < -0.4 is 0 Å². The number of nitrogens with zero attached hydrogens (tertiary/aromatic N) is 4. The lowest BCUT2D eigenvalue weighted by molar-refractivity contribution is -0.0144. The van der Waals surface area contributed by atoms with Crippen LogP contribution in [-0.2, 0) is 4.74 Å². The number of carbonyl (C=O) groups is 1. The van der Waals surface area contributed by atoms with Crippen molar-refractivity contribution in [2.75, 3.05) is 6.54 Å². The number of rotatable bonds is 2. The standard InChI is InChI=1S/C21H28F2N4O2/c1-13-9-17(18-16(23)10-14(22)12-24-18)25-27(13)15-7-8-26(21(5,6)11-15)19(28)29-20(2,3)4/h9-10,12,15H,7-8,11H2,1-6H3. The Balaban J connectivity index is 1.81. The molecule has 1 amide bonds. The van der Waals surface area contributed by atoms with Crippen LogP contribution in [0.1, 0.15) is 59.2 Å². The van der Waals surface area contributed by atoms with Crippen molar-refractivity contribution >= 4 is 6.09 Å². The van der Waals surface area contributed by atoms with Crippen LogP contribution in [0.25, 0.3) is 11.4 Å². The predicted molar refractivity (Wildman–Crippen MR) is 105 cm³/mol. The summed E-state index contributed by atoms with van der Waals surface area (Å²) in [5, 5.41) is 4.55. The molecule has 8 heteroatoms. The molecule has 0 spiro atoms. The molecular formula is C21H28F2N4O2. The minimum atomic E-state index is -0.741. The van der Waals surface area contributed by atoms with Gasteiger partial charge in [-0.3, -0.25) is 4.68 Å². The molecule has 1 atom stereocenters. The van der Waals surface area contributed by atoms with Gasteiger partial charge in [-0.25, -0.2) is 18.6 Å². The highest BCUT2D eigenvalue weighted by Crippen LogP contribution is 2.36. The van der Waals surface area contributed by atoms with Crippen molar-refractivity contribution in [1.29, 1.82) is 0 Å². The molecule has 3 rings (SSSR count). The van der Waals surface area contributed by atoms with Crippen LogP contribution >= 0.6 is 0 Å². The van der Waals surface area contributed by atoms with Gasteiger partial charge in [0.25, 0.3) is 0 Å². The summed E-state index contributed by atoms with van der Waals surface area (Å²) in [7, 11) is 0. The summed E-state index contributed by atoms with van der Waals surface area (Å²) in [4.78, 5) is 18.2. The van der Waals surface area contributed by atoms with Crippen molar-refractivity contribution in [3.63, 3.8) is 0 Å². The molecule has 0 aliphatic carbocycles. The van der Waals surface area contributed by atoms with Crippen molar-refractivity contribution in [3.05, 3.63) is 35.7 Å². The Labute approximate surface area is 169 Å². The third-order valence-electron chi connectivity index (χ3n) is 5.08. The zero-order chi connectivity index (χ0) is 21.6. The van der Waals surface area contributed by atoms with E-state index in [4.69, 9.17) is 4.74 Å². The first kappa shape index (κ1) is 21.2. The fourth-order valence-electron chi connectivity index (χ4n) is 3.81. The number of piperidine rings is 1. The number of hydrogen-bond acceptors (Lipinski definition) is 4. The highest BCUT2D eigenvalue weighted by atomic mass is 19.1. The van der Waals surface area contributed by atoms with E-state index >= 15 is 0 Å². The number of hydrogen-bond donors (Lipinski definition) is 0. The average Bonchev–Trinajstić information content (AvgIpc) is 2.93. The fourth-order valence-corrected chi connectivity index (χ4v) is 3.81. The normalized spacial score (nSPS) is 19.3. The third-order valence-corrected chi connectivity index (χ3v) is 5.08. The second-order valence-corrected chi connectivity index (χ2v) is 9.19. The van der Waals surface area contributed by atoms with E-state index in [1.807, 2.05) is 46.2 Å². The van der Waals surface area contributed by atoms with Gasteiger partial charge in [-0.1, -0.05) is 0 Å². The number of pyridine rings is 1. The monoisotopic (exact) mass is 406 g/mol. The molecule has 0 N–H and O–H groups in total. The minimum absolute atomic E-state index is 0.0266. The molecule has 0 aromatic carbocycles. The van der Waals surface area contributed by atoms with E-state index < -0.39 is 22.8 Å². The van der Waals surface area contributed by atoms with Crippen molar-refractivity contribution in [2.45, 2.75) is 71.6 Å².